The molecule has 1 fully saturated rings. The number of thioether (sulfide) groups is 1. The van der Waals surface area contributed by atoms with Gasteiger partial charge in [-0.3, -0.25) is 19.2 Å². The summed E-state index contributed by atoms with van der Waals surface area (Å²) >= 11 is 7.72. The molecule has 2 heterocycles. The molecule has 0 aliphatic carbocycles. The lowest BCUT2D eigenvalue weighted by atomic mass is 10.1. The van der Waals surface area contributed by atoms with Crippen LogP contribution in [0.1, 0.15) is 17.5 Å². The molecule has 0 bridgehead atoms. The number of rotatable bonds is 8. The summed E-state index contributed by atoms with van der Waals surface area (Å²) in [5, 5.41) is 4.64. The number of aryl methyl sites for hydroxylation is 1. The number of carbonyl (C=O) groups excluding carboxylic acids is 2. The molecule has 3 aromatic rings. The molecule has 0 spiro atoms. The van der Waals surface area contributed by atoms with Crippen LogP contribution in [0.3, 0.4) is 0 Å². The lowest BCUT2D eigenvalue weighted by molar-refractivity contribution is -0.122. The lowest BCUT2D eigenvalue weighted by Crippen LogP contribution is -2.31. The fraction of sp³-hybridized carbons (Fsp3) is 0.130. The highest BCUT2D eigenvalue weighted by Gasteiger charge is 2.32. The van der Waals surface area contributed by atoms with E-state index in [2.05, 4.69) is 15.0 Å². The second-order valence-corrected chi connectivity index (χ2v) is 11.8. The summed E-state index contributed by atoms with van der Waals surface area (Å²) in [4.78, 5) is 31.1. The third-order valence-electron chi connectivity index (χ3n) is 4.91. The molecule has 8 nitrogen and oxygen atoms in total. The summed E-state index contributed by atoms with van der Waals surface area (Å²) < 4.78 is 27.6. The van der Waals surface area contributed by atoms with Crippen molar-refractivity contribution in [3.63, 3.8) is 0 Å². The van der Waals surface area contributed by atoms with E-state index in [9.17, 15) is 18.0 Å². The van der Waals surface area contributed by atoms with Crippen molar-refractivity contribution in [2.24, 2.45) is 0 Å². The van der Waals surface area contributed by atoms with Gasteiger partial charge in [-0.15, -0.1) is 11.3 Å². The van der Waals surface area contributed by atoms with Crippen LogP contribution in [0.5, 0.6) is 0 Å². The van der Waals surface area contributed by atoms with Gasteiger partial charge in [0.25, 0.3) is 15.9 Å². The molecule has 4 rings (SSSR count). The van der Waals surface area contributed by atoms with E-state index in [1.165, 1.54) is 58.5 Å². The van der Waals surface area contributed by atoms with Crippen molar-refractivity contribution in [3.05, 3.63) is 76.1 Å². The second kappa shape index (κ2) is 10.7. The van der Waals surface area contributed by atoms with E-state index >= 15 is 0 Å². The number of carbonyl (C=O) groups is 2. The van der Waals surface area contributed by atoms with Crippen LogP contribution < -0.4 is 10.0 Å². The molecule has 2 N–H and O–H groups in total. The Morgan fingerprint density at radius 1 is 1.14 bits per heavy atom. The van der Waals surface area contributed by atoms with Crippen molar-refractivity contribution in [2.75, 3.05) is 16.6 Å². The summed E-state index contributed by atoms with van der Waals surface area (Å²) in [6.07, 6.45) is 3.33. The third-order valence-corrected chi connectivity index (χ3v) is 8.46. The first-order chi connectivity index (χ1) is 16.7. The zero-order valence-electron chi connectivity index (χ0n) is 18.4. The minimum absolute atomic E-state index is 0.0376. The SMILES string of the molecule is Cc1ccc(C=C2SC(=S)N(CCC(=O)Nc3ccc(S(=O)(=O)Nc4nccs4)cc3)C2=O)cc1. The van der Waals surface area contributed by atoms with E-state index in [1.54, 1.807) is 11.5 Å². The van der Waals surface area contributed by atoms with Gasteiger partial charge in [0.15, 0.2) is 5.13 Å². The Bertz CT molecular complexity index is 1380. The third kappa shape index (κ3) is 6.34. The minimum Gasteiger partial charge on any atom is -0.326 e. The summed E-state index contributed by atoms with van der Waals surface area (Å²) in [7, 11) is -3.77. The van der Waals surface area contributed by atoms with Crippen LogP contribution >= 0.6 is 35.3 Å². The van der Waals surface area contributed by atoms with Crippen molar-refractivity contribution in [1.82, 2.24) is 9.88 Å². The van der Waals surface area contributed by atoms with Gasteiger partial charge in [-0.05, 0) is 42.8 Å². The van der Waals surface area contributed by atoms with Gasteiger partial charge in [0.2, 0.25) is 5.91 Å². The number of nitrogens with zero attached hydrogens (tertiary/aromatic N) is 2. The number of nitrogens with one attached hydrogen (secondary N) is 2. The highest BCUT2D eigenvalue weighted by Crippen LogP contribution is 2.32. The van der Waals surface area contributed by atoms with Crippen molar-refractivity contribution in [1.29, 1.82) is 0 Å². The van der Waals surface area contributed by atoms with Gasteiger partial charge < -0.3 is 5.32 Å². The Balaban J connectivity index is 1.32. The van der Waals surface area contributed by atoms with Gasteiger partial charge >= 0.3 is 0 Å². The monoisotopic (exact) mass is 544 g/mol. The van der Waals surface area contributed by atoms with Crippen LogP contribution in [0.4, 0.5) is 10.8 Å². The normalized spacial score (nSPS) is 15.0. The fourth-order valence-electron chi connectivity index (χ4n) is 3.11. The molecule has 1 saturated heterocycles. The highest BCUT2D eigenvalue weighted by molar-refractivity contribution is 8.26. The van der Waals surface area contributed by atoms with Crippen LogP contribution in [0.15, 0.2) is 69.9 Å². The van der Waals surface area contributed by atoms with E-state index in [0.717, 1.165) is 11.1 Å². The fourth-order valence-corrected chi connectivity index (χ4v) is 6.21. The molecule has 0 unspecified atom stereocenters. The average molecular weight is 545 g/mol. The summed E-state index contributed by atoms with van der Waals surface area (Å²) in [6.45, 7) is 2.14. The van der Waals surface area contributed by atoms with Crippen LogP contribution in [-0.4, -0.2) is 41.0 Å². The largest absolute Gasteiger partial charge is 0.326 e. The second-order valence-electron chi connectivity index (χ2n) is 7.51. The molecule has 0 radical (unpaired) electrons. The van der Waals surface area contributed by atoms with Gasteiger partial charge in [-0.25, -0.2) is 13.4 Å². The number of hydrogen-bond donors (Lipinski definition) is 2. The number of thiocarbonyl (C=S) groups is 1. The zero-order chi connectivity index (χ0) is 25.0. The molecule has 2 amide bonds. The van der Waals surface area contributed by atoms with Crippen molar-refractivity contribution in [2.45, 2.75) is 18.2 Å². The smallest absolute Gasteiger partial charge is 0.266 e. The van der Waals surface area contributed by atoms with Gasteiger partial charge in [-0.1, -0.05) is 53.8 Å². The molecule has 0 atom stereocenters. The molecule has 1 aliphatic rings. The summed E-state index contributed by atoms with van der Waals surface area (Å²) in [5.41, 5.74) is 2.47. The number of hydrogen-bond acceptors (Lipinski definition) is 8. The molecule has 1 aliphatic heterocycles. The molecule has 1 aromatic heterocycles. The van der Waals surface area contributed by atoms with Crippen molar-refractivity contribution in [3.8, 4) is 0 Å². The number of amides is 2. The van der Waals surface area contributed by atoms with Crippen LogP contribution in [-0.2, 0) is 19.6 Å². The number of sulfonamides is 1. The molecule has 12 heteroatoms. The van der Waals surface area contributed by atoms with Crippen LogP contribution in [0.2, 0.25) is 0 Å². The van der Waals surface area contributed by atoms with Gasteiger partial charge in [0, 0.05) is 30.2 Å². The predicted molar refractivity (Wildman–Crippen MR) is 144 cm³/mol. The number of aromatic nitrogens is 1. The molecule has 0 saturated carbocycles. The number of thiazole rings is 1. The average Bonchev–Trinajstić information content (AvgIpc) is 3.41. The van der Waals surface area contributed by atoms with Gasteiger partial charge in [0.05, 0.1) is 9.80 Å². The summed E-state index contributed by atoms with van der Waals surface area (Å²) in [5.74, 6) is -0.547. The Morgan fingerprint density at radius 2 is 1.86 bits per heavy atom. The first-order valence-corrected chi connectivity index (χ1v) is 13.9. The summed E-state index contributed by atoms with van der Waals surface area (Å²) in [6, 6.07) is 13.6. The highest BCUT2D eigenvalue weighted by atomic mass is 32.2. The van der Waals surface area contributed by atoms with Gasteiger partial charge in [0.1, 0.15) is 4.32 Å². The van der Waals surface area contributed by atoms with Crippen molar-refractivity contribution >= 4 is 78.4 Å². The topological polar surface area (TPSA) is 108 Å². The van der Waals surface area contributed by atoms with E-state index in [-0.39, 0.29) is 34.8 Å². The lowest BCUT2D eigenvalue weighted by Gasteiger charge is -2.14. The minimum atomic E-state index is -3.77. The zero-order valence-corrected chi connectivity index (χ0v) is 21.7. The molecule has 35 heavy (non-hydrogen) atoms. The Morgan fingerprint density at radius 3 is 2.51 bits per heavy atom. The predicted octanol–water partition coefficient (Wildman–Crippen LogP) is 4.48. The van der Waals surface area contributed by atoms with Crippen molar-refractivity contribution < 1.29 is 18.0 Å². The molecule has 2 aromatic carbocycles. The van der Waals surface area contributed by atoms with E-state index in [4.69, 9.17) is 12.2 Å². The maximum Gasteiger partial charge on any atom is 0.266 e. The maximum absolute atomic E-state index is 12.8. The molecular formula is C23H20N4O4S4. The van der Waals surface area contributed by atoms with E-state index in [1.807, 2.05) is 31.2 Å². The quantitative estimate of drug-likeness (QED) is 0.318. The van der Waals surface area contributed by atoms with E-state index in [0.29, 0.717) is 14.9 Å². The van der Waals surface area contributed by atoms with E-state index < -0.39 is 10.0 Å². The van der Waals surface area contributed by atoms with Gasteiger partial charge in [-0.2, -0.15) is 0 Å². The first kappa shape index (κ1) is 25.0. The number of anilines is 2. The molecule has 180 valence electrons. The standard InChI is InChI=1S/C23H20N4O4S4/c1-15-2-4-16(5-3-15)14-19-21(29)27(23(32)34-19)12-10-20(28)25-17-6-8-18(9-7-17)35(30,31)26-22-24-11-13-33-22/h2-9,11,13-14H,10,12H2,1H3,(H,24,26)(H,25,28). The van der Waals surface area contributed by atoms with Crippen LogP contribution in [0, 0.1) is 6.92 Å². The Labute approximate surface area is 216 Å². The maximum atomic E-state index is 12.8. The molecular weight excluding hydrogens is 525 g/mol. The number of benzene rings is 2. The Hall–Kier alpha value is -3.06. The Kier molecular flexibility index (Phi) is 7.65. The first-order valence-electron chi connectivity index (χ1n) is 10.4. The van der Waals surface area contributed by atoms with Crippen LogP contribution in [0.25, 0.3) is 6.08 Å².